The van der Waals surface area contributed by atoms with Crippen molar-refractivity contribution in [3.8, 4) is 11.1 Å². The van der Waals surface area contributed by atoms with Crippen molar-refractivity contribution in [2.24, 2.45) is 7.05 Å². The van der Waals surface area contributed by atoms with Crippen LogP contribution >= 0.6 is 0 Å². The molecule has 0 amide bonds. The highest BCUT2D eigenvalue weighted by atomic mass is 19.3. The second-order valence-corrected chi connectivity index (χ2v) is 8.16. The molecule has 2 heterocycles. The number of nitro groups is 1. The maximum Gasteiger partial charge on any atom is 0.325 e. The van der Waals surface area contributed by atoms with E-state index in [1.54, 1.807) is 35.0 Å². The van der Waals surface area contributed by atoms with Crippen LogP contribution in [0.25, 0.3) is 11.1 Å². The van der Waals surface area contributed by atoms with Crippen molar-refractivity contribution in [1.29, 1.82) is 0 Å². The second kappa shape index (κ2) is 9.08. The fraction of sp³-hybridized carbons (Fsp3) is 0.304. The average Bonchev–Trinajstić information content (AvgIpc) is 3.23. The molecule has 34 heavy (non-hydrogen) atoms. The zero-order valence-electron chi connectivity index (χ0n) is 18.5. The predicted molar refractivity (Wildman–Crippen MR) is 123 cm³/mol. The second-order valence-electron chi connectivity index (χ2n) is 8.16. The highest BCUT2D eigenvalue weighted by Crippen LogP contribution is 2.45. The quantitative estimate of drug-likeness (QED) is 0.372. The predicted octanol–water partition coefficient (Wildman–Crippen LogP) is 4.90. The summed E-state index contributed by atoms with van der Waals surface area (Å²) in [6.45, 7) is 1.81. The number of carboxylic acid groups (broad SMARTS) is 1. The van der Waals surface area contributed by atoms with E-state index in [4.69, 9.17) is 0 Å². The van der Waals surface area contributed by atoms with Crippen molar-refractivity contribution >= 4 is 28.7 Å². The molecular weight excluding hydrogens is 448 g/mol. The summed E-state index contributed by atoms with van der Waals surface area (Å²) in [4.78, 5) is 24.3. The van der Waals surface area contributed by atoms with E-state index in [0.29, 0.717) is 41.9 Å². The first-order valence-electron chi connectivity index (χ1n) is 10.7. The van der Waals surface area contributed by atoms with Crippen LogP contribution in [0.4, 0.5) is 31.5 Å². The van der Waals surface area contributed by atoms with Gasteiger partial charge in [0, 0.05) is 42.7 Å². The van der Waals surface area contributed by atoms with E-state index in [1.165, 1.54) is 31.3 Å². The van der Waals surface area contributed by atoms with Gasteiger partial charge < -0.3 is 15.3 Å². The Morgan fingerprint density at radius 1 is 1.29 bits per heavy atom. The number of alkyl halides is 2. The van der Waals surface area contributed by atoms with E-state index >= 15 is 0 Å². The van der Waals surface area contributed by atoms with Crippen LogP contribution in [0.2, 0.25) is 0 Å². The van der Waals surface area contributed by atoms with E-state index in [2.05, 4.69) is 10.4 Å². The molecule has 0 radical (unpaired) electrons. The molecule has 2 aromatic carbocycles. The maximum absolute atomic E-state index is 14.1. The van der Waals surface area contributed by atoms with Crippen LogP contribution in [0, 0.1) is 10.1 Å². The number of hydrogen-bond donors (Lipinski definition) is 2. The van der Waals surface area contributed by atoms with Crippen molar-refractivity contribution in [3.05, 3.63) is 64.0 Å². The molecule has 0 aliphatic carbocycles. The summed E-state index contributed by atoms with van der Waals surface area (Å²) >= 11 is 0. The topological polar surface area (TPSA) is 114 Å². The highest BCUT2D eigenvalue weighted by molar-refractivity contribution is 5.88. The molecule has 0 spiro atoms. The van der Waals surface area contributed by atoms with Gasteiger partial charge in [0.2, 0.25) is 0 Å². The lowest BCUT2D eigenvalue weighted by Crippen LogP contribution is -2.29. The van der Waals surface area contributed by atoms with Gasteiger partial charge in [0.25, 0.3) is 12.1 Å². The first-order valence-corrected chi connectivity index (χ1v) is 10.7. The summed E-state index contributed by atoms with van der Waals surface area (Å²) in [5, 5.41) is 27.8. The van der Waals surface area contributed by atoms with Crippen LogP contribution in [0.1, 0.15) is 30.9 Å². The minimum atomic E-state index is -2.75. The molecule has 1 aromatic heterocycles. The Morgan fingerprint density at radius 2 is 2.06 bits per heavy atom. The summed E-state index contributed by atoms with van der Waals surface area (Å²) < 4.78 is 29.8. The standard InChI is InChI=1S/C23H23F2N5O4/c1-13(23(31)32)27-21-18(6-3-7-19(21)30(33)34)29-8-4-5-14-9-16(15-11-26-28(2)12-15)17(22(24)25)10-20(14)29/h3,6-7,9-13,22,27H,4-5,8H2,1-2H3,(H,31,32). The molecule has 11 heteroatoms. The number of benzene rings is 2. The lowest BCUT2D eigenvalue weighted by molar-refractivity contribution is -0.383. The van der Waals surface area contributed by atoms with Crippen molar-refractivity contribution in [2.75, 3.05) is 16.8 Å². The average molecular weight is 471 g/mol. The van der Waals surface area contributed by atoms with Gasteiger partial charge in [0.05, 0.1) is 16.8 Å². The number of aryl methyl sites for hydroxylation is 2. The minimum absolute atomic E-state index is 0.0326. The Kier molecular flexibility index (Phi) is 6.18. The van der Waals surface area contributed by atoms with Crippen LogP contribution in [-0.4, -0.2) is 38.4 Å². The van der Waals surface area contributed by atoms with Gasteiger partial charge >= 0.3 is 5.97 Å². The normalized spacial score (nSPS) is 14.1. The van der Waals surface area contributed by atoms with Crippen LogP contribution in [-0.2, 0) is 18.3 Å². The first kappa shape index (κ1) is 23.1. The summed E-state index contributed by atoms with van der Waals surface area (Å²) in [6.07, 6.45) is 1.78. The van der Waals surface area contributed by atoms with Crippen LogP contribution in [0.15, 0.2) is 42.7 Å². The minimum Gasteiger partial charge on any atom is -0.480 e. The number of anilines is 3. The zero-order valence-corrected chi connectivity index (χ0v) is 18.5. The SMILES string of the molecule is CC(Nc1c(N2CCCc3cc(-c4cnn(C)c4)c(C(F)F)cc32)cccc1[N+](=O)[O-])C(=O)O. The molecule has 0 fully saturated rings. The van der Waals surface area contributed by atoms with E-state index in [0.717, 1.165) is 5.56 Å². The van der Waals surface area contributed by atoms with Crippen molar-refractivity contribution in [2.45, 2.75) is 32.2 Å². The van der Waals surface area contributed by atoms with Gasteiger partial charge in [0.1, 0.15) is 11.7 Å². The summed E-state index contributed by atoms with van der Waals surface area (Å²) in [7, 11) is 1.71. The summed E-state index contributed by atoms with van der Waals surface area (Å²) in [5.41, 5.74) is 2.23. The third-order valence-electron chi connectivity index (χ3n) is 5.86. The fourth-order valence-corrected chi connectivity index (χ4v) is 4.22. The molecule has 0 bridgehead atoms. The van der Waals surface area contributed by atoms with Crippen molar-refractivity contribution < 1.29 is 23.6 Å². The van der Waals surface area contributed by atoms with Gasteiger partial charge in [-0.15, -0.1) is 0 Å². The molecule has 3 aromatic rings. The Hall–Kier alpha value is -4.02. The molecule has 9 nitrogen and oxygen atoms in total. The van der Waals surface area contributed by atoms with Gasteiger partial charge in [-0.25, -0.2) is 8.78 Å². The summed E-state index contributed by atoms with van der Waals surface area (Å²) in [5.74, 6) is -1.18. The van der Waals surface area contributed by atoms with Gasteiger partial charge in [-0.3, -0.25) is 19.6 Å². The third kappa shape index (κ3) is 4.28. The molecule has 0 saturated carbocycles. The van der Waals surface area contributed by atoms with E-state index < -0.39 is 23.4 Å². The van der Waals surface area contributed by atoms with Crippen molar-refractivity contribution in [1.82, 2.24) is 9.78 Å². The van der Waals surface area contributed by atoms with Crippen LogP contribution in [0.3, 0.4) is 0 Å². The largest absolute Gasteiger partial charge is 0.480 e. The van der Waals surface area contributed by atoms with Gasteiger partial charge in [-0.2, -0.15) is 5.10 Å². The Morgan fingerprint density at radius 3 is 2.68 bits per heavy atom. The van der Waals surface area contributed by atoms with Gasteiger partial charge in [0.15, 0.2) is 0 Å². The van der Waals surface area contributed by atoms with E-state index in [1.807, 2.05) is 0 Å². The molecule has 1 aliphatic rings. The number of carboxylic acids is 1. The molecule has 2 N–H and O–H groups in total. The molecule has 1 aliphatic heterocycles. The lowest BCUT2D eigenvalue weighted by Gasteiger charge is -2.34. The fourth-order valence-electron chi connectivity index (χ4n) is 4.22. The third-order valence-corrected chi connectivity index (χ3v) is 5.86. The Balaban J connectivity index is 1.88. The number of aliphatic carboxylic acids is 1. The zero-order chi connectivity index (χ0) is 24.6. The first-order chi connectivity index (χ1) is 16.2. The van der Waals surface area contributed by atoms with Gasteiger partial charge in [-0.1, -0.05) is 6.07 Å². The molecular formula is C23H23F2N5O4. The molecule has 4 rings (SSSR count). The Bertz CT molecular complexity index is 1260. The summed E-state index contributed by atoms with van der Waals surface area (Å²) in [6, 6.07) is 6.44. The Labute approximate surface area is 193 Å². The number of aromatic nitrogens is 2. The monoisotopic (exact) mass is 471 g/mol. The highest BCUT2D eigenvalue weighted by Gasteiger charge is 2.29. The number of rotatable bonds is 7. The van der Waals surface area contributed by atoms with Crippen LogP contribution < -0.4 is 10.2 Å². The number of halogens is 2. The van der Waals surface area contributed by atoms with E-state index in [-0.39, 0.29) is 16.9 Å². The molecule has 1 unspecified atom stereocenters. The maximum atomic E-state index is 14.1. The number of para-hydroxylation sites is 1. The molecule has 0 saturated heterocycles. The number of nitrogens with one attached hydrogen (secondary N) is 1. The number of hydrogen-bond acceptors (Lipinski definition) is 6. The number of nitro benzene ring substituents is 1. The number of nitrogens with zero attached hydrogens (tertiary/aromatic N) is 4. The molecule has 1 atom stereocenters. The van der Waals surface area contributed by atoms with Crippen LogP contribution in [0.5, 0.6) is 0 Å². The van der Waals surface area contributed by atoms with Gasteiger partial charge in [-0.05, 0) is 49.1 Å². The smallest absolute Gasteiger partial charge is 0.325 e. The number of fused-ring (bicyclic) bond motifs is 1. The lowest BCUT2D eigenvalue weighted by atomic mass is 9.92. The van der Waals surface area contributed by atoms with E-state index in [9.17, 15) is 28.8 Å². The van der Waals surface area contributed by atoms with Crippen molar-refractivity contribution in [3.63, 3.8) is 0 Å². The molecule has 178 valence electrons. The number of carbonyl (C=O) groups is 1.